The van der Waals surface area contributed by atoms with Crippen molar-refractivity contribution in [2.75, 3.05) is 4.90 Å². The fraction of sp³-hybridized carbons (Fsp3) is 0.485. The van der Waals surface area contributed by atoms with E-state index in [9.17, 15) is 13.6 Å². The van der Waals surface area contributed by atoms with Gasteiger partial charge in [0.05, 0.1) is 15.8 Å². The van der Waals surface area contributed by atoms with Gasteiger partial charge in [0, 0.05) is 46.5 Å². The number of hydrogen-bond acceptors (Lipinski definition) is 8. The van der Waals surface area contributed by atoms with Gasteiger partial charge in [-0.25, -0.2) is 13.8 Å². The van der Waals surface area contributed by atoms with Crippen LogP contribution >= 0.6 is 23.3 Å². The van der Waals surface area contributed by atoms with E-state index in [0.29, 0.717) is 12.1 Å². The number of rotatable bonds is 10. The zero-order valence-electron chi connectivity index (χ0n) is 25.2. The SMILES string of the molecule is CCC1CC(NCc2c(-c3c(F)cccc3F)noc2C2CC2)CC(C)N1c1nc2ccc(C(=O)NSC3(C)CC3)cc2s1. The topological polar surface area (TPSA) is 83.3 Å². The molecule has 0 bridgehead atoms. The Morgan fingerprint density at radius 1 is 1.18 bits per heavy atom. The molecule has 3 unspecified atom stereocenters. The number of aromatic nitrogens is 2. The van der Waals surface area contributed by atoms with Crippen molar-refractivity contribution in [2.24, 2.45) is 0 Å². The zero-order chi connectivity index (χ0) is 30.6. The van der Waals surface area contributed by atoms with Crippen LogP contribution < -0.4 is 14.9 Å². The lowest BCUT2D eigenvalue weighted by Crippen LogP contribution is -2.53. The molecule has 0 spiro atoms. The molecule has 44 heavy (non-hydrogen) atoms. The average molecular weight is 638 g/mol. The second kappa shape index (κ2) is 11.7. The van der Waals surface area contributed by atoms with Gasteiger partial charge in [-0.15, -0.1) is 0 Å². The number of benzene rings is 2. The Labute approximate surface area is 264 Å². The van der Waals surface area contributed by atoms with E-state index in [1.807, 2.05) is 18.2 Å². The number of carbonyl (C=O) groups excluding carboxylic acids is 1. The van der Waals surface area contributed by atoms with Gasteiger partial charge in [0.1, 0.15) is 23.1 Å². The first kappa shape index (κ1) is 29.7. The molecule has 3 aliphatic rings. The quantitative estimate of drug-likeness (QED) is 0.171. The molecule has 1 aliphatic heterocycles. The molecular formula is C33H37F2N5O2S2. The van der Waals surface area contributed by atoms with Crippen LogP contribution in [0.25, 0.3) is 21.5 Å². The zero-order valence-corrected chi connectivity index (χ0v) is 26.8. The van der Waals surface area contributed by atoms with Crippen LogP contribution in [-0.4, -0.2) is 38.9 Å². The third kappa shape index (κ3) is 5.86. The molecule has 0 radical (unpaired) electrons. The molecule has 2 N–H and O–H groups in total. The Balaban J connectivity index is 1.06. The van der Waals surface area contributed by atoms with Crippen LogP contribution in [0, 0.1) is 11.6 Å². The fourth-order valence-corrected chi connectivity index (χ4v) is 8.24. The summed E-state index contributed by atoms with van der Waals surface area (Å²) in [5.74, 6) is -0.325. The summed E-state index contributed by atoms with van der Waals surface area (Å²) in [6.45, 7) is 7.04. The van der Waals surface area contributed by atoms with Crippen LogP contribution in [-0.2, 0) is 6.54 Å². The normalized spacial score (nSPS) is 22.8. The second-order valence-corrected chi connectivity index (χ2v) is 15.2. The van der Waals surface area contributed by atoms with Gasteiger partial charge in [-0.3, -0.25) is 9.52 Å². The van der Waals surface area contributed by atoms with E-state index in [2.05, 4.69) is 40.9 Å². The Morgan fingerprint density at radius 3 is 2.66 bits per heavy atom. The molecule has 7 nitrogen and oxygen atoms in total. The van der Waals surface area contributed by atoms with Gasteiger partial charge >= 0.3 is 0 Å². The molecule has 1 saturated heterocycles. The van der Waals surface area contributed by atoms with Gasteiger partial charge in [0.15, 0.2) is 5.13 Å². The van der Waals surface area contributed by atoms with Crippen molar-refractivity contribution in [1.29, 1.82) is 0 Å². The van der Waals surface area contributed by atoms with Crippen LogP contribution in [0.5, 0.6) is 0 Å². The van der Waals surface area contributed by atoms with Gasteiger partial charge in [0.2, 0.25) is 0 Å². The molecule has 11 heteroatoms. The molecule has 7 rings (SSSR count). The number of nitrogens with one attached hydrogen (secondary N) is 2. The molecule has 2 saturated carbocycles. The first-order valence-electron chi connectivity index (χ1n) is 15.6. The first-order valence-corrected chi connectivity index (χ1v) is 17.2. The van der Waals surface area contributed by atoms with Crippen LogP contribution in [0.3, 0.4) is 0 Å². The van der Waals surface area contributed by atoms with E-state index in [1.165, 1.54) is 30.1 Å². The number of nitrogens with zero attached hydrogens (tertiary/aromatic N) is 3. The van der Waals surface area contributed by atoms with E-state index >= 15 is 0 Å². The van der Waals surface area contributed by atoms with Gasteiger partial charge in [0.25, 0.3) is 5.91 Å². The summed E-state index contributed by atoms with van der Waals surface area (Å²) in [7, 11) is 0. The van der Waals surface area contributed by atoms with E-state index in [1.54, 1.807) is 11.3 Å². The smallest absolute Gasteiger partial charge is 0.261 e. The number of halogens is 2. The maximum absolute atomic E-state index is 14.7. The summed E-state index contributed by atoms with van der Waals surface area (Å²) in [5.41, 5.74) is 2.45. The number of piperidine rings is 1. The molecule has 3 heterocycles. The van der Waals surface area contributed by atoms with Crippen LogP contribution in [0.4, 0.5) is 13.9 Å². The number of fused-ring (bicyclic) bond motifs is 1. The van der Waals surface area contributed by atoms with Crippen molar-refractivity contribution in [1.82, 2.24) is 20.2 Å². The first-order chi connectivity index (χ1) is 21.2. The Kier molecular flexibility index (Phi) is 7.91. The third-order valence-corrected chi connectivity index (χ3v) is 11.5. The Bertz CT molecular complexity index is 1680. The van der Waals surface area contributed by atoms with Gasteiger partial charge in [-0.1, -0.05) is 29.5 Å². The lowest BCUT2D eigenvalue weighted by atomic mass is 9.90. The van der Waals surface area contributed by atoms with E-state index < -0.39 is 11.6 Å². The van der Waals surface area contributed by atoms with Gasteiger partial charge in [-0.2, -0.15) is 0 Å². The molecular weight excluding hydrogens is 601 g/mol. The minimum Gasteiger partial charge on any atom is -0.360 e. The molecule has 2 aromatic carbocycles. The molecule has 2 aliphatic carbocycles. The van der Waals surface area contributed by atoms with Gasteiger partial charge < -0.3 is 14.7 Å². The van der Waals surface area contributed by atoms with Crippen molar-refractivity contribution in [2.45, 2.75) is 101 Å². The number of thiazole rings is 1. The Hall–Kier alpha value is -3.02. The number of anilines is 1. The van der Waals surface area contributed by atoms with Crippen LogP contribution in [0.2, 0.25) is 0 Å². The average Bonchev–Trinajstić information content (AvgIpc) is 3.91. The number of hydrogen-bond donors (Lipinski definition) is 2. The predicted molar refractivity (Wildman–Crippen MR) is 172 cm³/mol. The molecule has 3 fully saturated rings. The van der Waals surface area contributed by atoms with Gasteiger partial charge in [-0.05, 0) is 101 Å². The van der Waals surface area contributed by atoms with E-state index in [4.69, 9.17) is 9.51 Å². The van der Waals surface area contributed by atoms with Crippen molar-refractivity contribution in [3.8, 4) is 11.3 Å². The van der Waals surface area contributed by atoms with E-state index in [0.717, 1.165) is 71.6 Å². The lowest BCUT2D eigenvalue weighted by Gasteiger charge is -2.44. The summed E-state index contributed by atoms with van der Waals surface area (Å²) in [5, 5.41) is 8.83. The summed E-state index contributed by atoms with van der Waals surface area (Å²) < 4.78 is 39.3. The van der Waals surface area contributed by atoms with Crippen molar-refractivity contribution < 1.29 is 18.1 Å². The van der Waals surface area contributed by atoms with Crippen molar-refractivity contribution in [3.63, 3.8) is 0 Å². The van der Waals surface area contributed by atoms with Crippen LogP contribution in [0.1, 0.15) is 93.3 Å². The third-order valence-electron chi connectivity index (χ3n) is 9.26. The lowest BCUT2D eigenvalue weighted by molar-refractivity contribution is 0.0984. The number of amides is 1. The standard InChI is InChI=1S/C33H37F2N5O2S2/c1-4-22-16-21(36-17-23-29(38-42-30(23)19-8-9-19)28-24(34)6-5-7-25(28)35)14-18(2)40(22)32-37-26-11-10-20(15-27(26)43-32)31(41)39-44-33(3)12-13-33/h5-7,10-11,15,18-19,21-22,36H,4,8-9,12-14,16-17H2,1-3H3,(H,39,41). The highest BCUT2D eigenvalue weighted by Crippen LogP contribution is 2.47. The summed E-state index contributed by atoms with van der Waals surface area (Å²) in [6, 6.07) is 10.3. The predicted octanol–water partition coefficient (Wildman–Crippen LogP) is 7.96. The minimum absolute atomic E-state index is 0.0646. The summed E-state index contributed by atoms with van der Waals surface area (Å²) in [4.78, 5) is 20.2. The summed E-state index contributed by atoms with van der Waals surface area (Å²) >= 11 is 3.16. The number of carbonyl (C=O) groups is 1. The molecule has 232 valence electrons. The second-order valence-electron chi connectivity index (χ2n) is 12.8. The fourth-order valence-electron chi connectivity index (χ4n) is 6.29. The van der Waals surface area contributed by atoms with Crippen molar-refractivity contribution >= 4 is 44.5 Å². The highest BCUT2D eigenvalue weighted by molar-refractivity contribution is 7.99. The summed E-state index contributed by atoms with van der Waals surface area (Å²) in [6.07, 6.45) is 7.03. The molecule has 3 atom stereocenters. The largest absolute Gasteiger partial charge is 0.360 e. The highest BCUT2D eigenvalue weighted by Gasteiger charge is 2.39. The van der Waals surface area contributed by atoms with Crippen molar-refractivity contribution in [3.05, 3.63) is 64.9 Å². The minimum atomic E-state index is -0.634. The maximum atomic E-state index is 14.7. The molecule has 1 amide bonds. The molecule has 2 aromatic heterocycles. The maximum Gasteiger partial charge on any atom is 0.261 e. The van der Waals surface area contributed by atoms with Crippen LogP contribution in [0.15, 0.2) is 40.9 Å². The monoisotopic (exact) mass is 637 g/mol. The highest BCUT2D eigenvalue weighted by atomic mass is 32.2. The Morgan fingerprint density at radius 2 is 1.95 bits per heavy atom. The van der Waals surface area contributed by atoms with E-state index in [-0.39, 0.29) is 46.0 Å². The molecule has 4 aromatic rings.